The summed E-state index contributed by atoms with van der Waals surface area (Å²) in [5.41, 5.74) is 3.59. The van der Waals surface area contributed by atoms with E-state index in [4.69, 9.17) is 4.98 Å². The first-order valence-corrected chi connectivity index (χ1v) is 8.08. The molecule has 0 unspecified atom stereocenters. The third-order valence-corrected chi connectivity index (χ3v) is 4.04. The van der Waals surface area contributed by atoms with E-state index >= 15 is 0 Å². The minimum atomic E-state index is 0.640. The smallest absolute Gasteiger partial charge is 0.180 e. The lowest BCUT2D eigenvalue weighted by molar-refractivity contribution is 1.06. The van der Waals surface area contributed by atoms with Crippen molar-refractivity contribution in [3.8, 4) is 0 Å². The lowest BCUT2D eigenvalue weighted by Gasteiger charge is -2.15. The van der Waals surface area contributed by atoms with Crippen molar-refractivity contribution in [3.05, 3.63) is 60.4 Å². The standard InChI is InChI=1S/C19H18N6/c1-25(2)18-11-13(14-5-3-4-6-15(14)23-18)12-22-17-8-7-16-19(24-17)21-10-9-20-16/h3-11H,12H2,1-2H3,(H,21,22,24). The molecule has 0 amide bonds. The highest BCUT2D eigenvalue weighted by Crippen LogP contribution is 2.23. The van der Waals surface area contributed by atoms with Gasteiger partial charge in [0.25, 0.3) is 0 Å². The van der Waals surface area contributed by atoms with Gasteiger partial charge in [0, 0.05) is 38.4 Å². The van der Waals surface area contributed by atoms with Crippen molar-refractivity contribution in [2.45, 2.75) is 6.54 Å². The van der Waals surface area contributed by atoms with Gasteiger partial charge in [-0.1, -0.05) is 18.2 Å². The second kappa shape index (κ2) is 6.32. The molecular formula is C19H18N6. The molecule has 0 aliphatic heterocycles. The van der Waals surface area contributed by atoms with Gasteiger partial charge < -0.3 is 10.2 Å². The summed E-state index contributed by atoms with van der Waals surface area (Å²) in [7, 11) is 4.00. The van der Waals surface area contributed by atoms with Crippen LogP contribution in [0.25, 0.3) is 22.1 Å². The van der Waals surface area contributed by atoms with Gasteiger partial charge in [0.2, 0.25) is 0 Å². The van der Waals surface area contributed by atoms with Crippen LogP contribution in [0.3, 0.4) is 0 Å². The molecule has 1 aromatic carbocycles. The van der Waals surface area contributed by atoms with Crippen molar-refractivity contribution in [2.24, 2.45) is 0 Å². The van der Waals surface area contributed by atoms with E-state index in [9.17, 15) is 0 Å². The van der Waals surface area contributed by atoms with Crippen molar-refractivity contribution in [3.63, 3.8) is 0 Å². The molecule has 0 aliphatic carbocycles. The molecule has 6 nitrogen and oxygen atoms in total. The van der Waals surface area contributed by atoms with E-state index < -0.39 is 0 Å². The number of nitrogens with one attached hydrogen (secondary N) is 1. The van der Waals surface area contributed by atoms with E-state index in [-0.39, 0.29) is 0 Å². The maximum absolute atomic E-state index is 4.70. The fourth-order valence-electron chi connectivity index (χ4n) is 2.75. The van der Waals surface area contributed by atoms with Crippen molar-refractivity contribution < 1.29 is 0 Å². The molecule has 0 radical (unpaired) electrons. The van der Waals surface area contributed by atoms with Gasteiger partial charge in [0.15, 0.2) is 5.65 Å². The summed E-state index contributed by atoms with van der Waals surface area (Å²) in [6, 6.07) is 14.1. The Morgan fingerprint density at radius 1 is 0.920 bits per heavy atom. The molecule has 0 saturated carbocycles. The van der Waals surface area contributed by atoms with E-state index in [0.717, 1.165) is 28.1 Å². The Bertz CT molecular complexity index is 1040. The topological polar surface area (TPSA) is 66.8 Å². The molecule has 3 aromatic heterocycles. The van der Waals surface area contributed by atoms with E-state index in [1.165, 1.54) is 5.56 Å². The van der Waals surface area contributed by atoms with Gasteiger partial charge in [0.1, 0.15) is 17.2 Å². The summed E-state index contributed by atoms with van der Waals surface area (Å²) >= 11 is 0. The molecule has 0 bridgehead atoms. The second-order valence-corrected chi connectivity index (χ2v) is 6.00. The number of hydrogen-bond donors (Lipinski definition) is 1. The zero-order valence-electron chi connectivity index (χ0n) is 14.1. The Hall–Kier alpha value is -3.28. The second-order valence-electron chi connectivity index (χ2n) is 6.00. The highest BCUT2D eigenvalue weighted by atomic mass is 15.1. The Morgan fingerprint density at radius 2 is 1.76 bits per heavy atom. The molecule has 6 heteroatoms. The zero-order chi connectivity index (χ0) is 17.2. The Kier molecular flexibility index (Phi) is 3.85. The summed E-state index contributed by atoms with van der Waals surface area (Å²) < 4.78 is 0. The average Bonchev–Trinajstić information content (AvgIpc) is 2.65. The first kappa shape index (κ1) is 15.3. The van der Waals surface area contributed by atoms with Gasteiger partial charge in [-0.2, -0.15) is 0 Å². The van der Waals surface area contributed by atoms with Crippen LogP contribution in [0.2, 0.25) is 0 Å². The molecule has 0 aliphatic rings. The lowest BCUT2D eigenvalue weighted by atomic mass is 10.1. The minimum Gasteiger partial charge on any atom is -0.366 e. The highest BCUT2D eigenvalue weighted by Gasteiger charge is 2.08. The third-order valence-electron chi connectivity index (χ3n) is 4.04. The Morgan fingerprint density at radius 3 is 2.64 bits per heavy atom. The van der Waals surface area contributed by atoms with Gasteiger partial charge in [-0.05, 0) is 29.8 Å². The molecular weight excluding hydrogens is 312 g/mol. The molecule has 0 spiro atoms. The van der Waals surface area contributed by atoms with Gasteiger partial charge in [-0.25, -0.2) is 15.0 Å². The minimum absolute atomic E-state index is 0.640. The van der Waals surface area contributed by atoms with E-state index in [2.05, 4.69) is 32.4 Å². The molecule has 1 N–H and O–H groups in total. The number of nitrogens with zero attached hydrogens (tertiary/aromatic N) is 5. The van der Waals surface area contributed by atoms with Gasteiger partial charge in [0.05, 0.1) is 5.52 Å². The van der Waals surface area contributed by atoms with Crippen LogP contribution in [0.5, 0.6) is 0 Å². The van der Waals surface area contributed by atoms with Crippen LogP contribution >= 0.6 is 0 Å². The maximum atomic E-state index is 4.70. The van der Waals surface area contributed by atoms with Crippen LogP contribution in [-0.4, -0.2) is 34.0 Å². The van der Waals surface area contributed by atoms with Crippen LogP contribution in [0, 0.1) is 0 Å². The van der Waals surface area contributed by atoms with Gasteiger partial charge in [-0.15, -0.1) is 0 Å². The van der Waals surface area contributed by atoms with Crippen molar-refractivity contribution in [1.82, 2.24) is 19.9 Å². The monoisotopic (exact) mass is 330 g/mol. The Labute approximate surface area is 145 Å². The molecule has 0 atom stereocenters. The zero-order valence-corrected chi connectivity index (χ0v) is 14.1. The summed E-state index contributed by atoms with van der Waals surface area (Å²) in [6.45, 7) is 0.655. The lowest BCUT2D eigenvalue weighted by Crippen LogP contribution is -2.12. The van der Waals surface area contributed by atoms with E-state index in [1.54, 1.807) is 12.4 Å². The number of benzene rings is 1. The summed E-state index contributed by atoms with van der Waals surface area (Å²) in [6.07, 6.45) is 3.32. The van der Waals surface area contributed by atoms with E-state index in [0.29, 0.717) is 12.2 Å². The normalized spacial score (nSPS) is 11.0. The average molecular weight is 330 g/mol. The van der Waals surface area contributed by atoms with Crippen LogP contribution in [0.15, 0.2) is 54.9 Å². The third kappa shape index (κ3) is 3.06. The number of para-hydroxylation sites is 1. The van der Waals surface area contributed by atoms with Crippen LogP contribution < -0.4 is 10.2 Å². The van der Waals surface area contributed by atoms with Crippen LogP contribution in [-0.2, 0) is 6.54 Å². The molecule has 0 fully saturated rings. The number of rotatable bonds is 4. The fraction of sp³-hybridized carbons (Fsp3) is 0.158. The SMILES string of the molecule is CN(C)c1cc(CNc2ccc3nccnc3n2)c2ccccc2n1. The first-order valence-electron chi connectivity index (χ1n) is 8.08. The quantitative estimate of drug-likeness (QED) is 0.619. The summed E-state index contributed by atoms with van der Waals surface area (Å²) in [5.74, 6) is 1.72. The van der Waals surface area contributed by atoms with E-state index in [1.807, 2.05) is 49.3 Å². The number of anilines is 2. The largest absolute Gasteiger partial charge is 0.366 e. The van der Waals surface area contributed by atoms with Crippen LogP contribution in [0.4, 0.5) is 11.6 Å². The molecule has 0 saturated heterocycles. The van der Waals surface area contributed by atoms with Gasteiger partial charge >= 0.3 is 0 Å². The molecule has 4 aromatic rings. The van der Waals surface area contributed by atoms with Gasteiger partial charge in [-0.3, -0.25) is 4.98 Å². The Balaban J connectivity index is 1.67. The highest BCUT2D eigenvalue weighted by molar-refractivity contribution is 5.84. The number of hydrogen-bond acceptors (Lipinski definition) is 6. The van der Waals surface area contributed by atoms with Crippen molar-refractivity contribution >= 4 is 33.7 Å². The summed E-state index contributed by atoms with van der Waals surface area (Å²) in [5, 5.41) is 4.53. The van der Waals surface area contributed by atoms with Crippen LogP contribution in [0.1, 0.15) is 5.56 Å². The summed E-state index contributed by atoms with van der Waals surface area (Å²) in [4.78, 5) is 19.7. The number of fused-ring (bicyclic) bond motifs is 2. The molecule has 124 valence electrons. The predicted octanol–water partition coefficient (Wildman–Crippen LogP) is 3.25. The van der Waals surface area contributed by atoms with Crippen molar-refractivity contribution in [2.75, 3.05) is 24.3 Å². The first-order chi connectivity index (χ1) is 12.2. The fourth-order valence-corrected chi connectivity index (χ4v) is 2.75. The maximum Gasteiger partial charge on any atom is 0.180 e. The molecule has 25 heavy (non-hydrogen) atoms. The molecule has 4 rings (SSSR count). The molecule has 3 heterocycles. The predicted molar refractivity (Wildman–Crippen MR) is 101 cm³/mol. The number of aromatic nitrogens is 4. The number of pyridine rings is 2. The van der Waals surface area contributed by atoms with Crippen molar-refractivity contribution in [1.29, 1.82) is 0 Å².